The van der Waals surface area contributed by atoms with Crippen LogP contribution in [0.1, 0.15) is 13.8 Å². The molecule has 3 N–H and O–H groups in total. The Morgan fingerprint density at radius 3 is 2.55 bits per heavy atom. The molecule has 4 heteroatoms. The van der Waals surface area contributed by atoms with Crippen LogP contribution >= 0.6 is 11.8 Å². The average molecular weight is 177 g/mol. The summed E-state index contributed by atoms with van der Waals surface area (Å²) in [6, 6.07) is 0. The van der Waals surface area contributed by atoms with Crippen molar-refractivity contribution in [2.45, 2.75) is 13.8 Å². The van der Waals surface area contributed by atoms with Gasteiger partial charge in [0.25, 0.3) is 0 Å². The number of aliphatic hydroxyl groups excluding tert-OH is 1. The van der Waals surface area contributed by atoms with Crippen molar-refractivity contribution in [3.8, 4) is 0 Å². The lowest BCUT2D eigenvalue weighted by Gasteiger charge is -2.19. The van der Waals surface area contributed by atoms with Crippen LogP contribution in [0.4, 0.5) is 0 Å². The van der Waals surface area contributed by atoms with Crippen LogP contribution in [0.2, 0.25) is 0 Å². The summed E-state index contributed by atoms with van der Waals surface area (Å²) in [5.74, 6) is 0.461. The zero-order valence-corrected chi connectivity index (χ0v) is 7.78. The van der Waals surface area contributed by atoms with E-state index in [0.29, 0.717) is 12.3 Å². The number of carbonyl (C=O) groups excluding carboxylic acids is 1. The Hall–Kier alpha value is -0.0600. The van der Waals surface area contributed by atoms with Crippen LogP contribution in [0, 0.1) is 5.41 Å². The van der Waals surface area contributed by atoms with Crippen LogP contribution < -0.4 is 5.73 Å². The van der Waals surface area contributed by atoms with Crippen molar-refractivity contribution >= 4 is 16.9 Å². The molecule has 0 unspecified atom stereocenters. The first-order valence-electron chi connectivity index (χ1n) is 3.52. The maximum absolute atomic E-state index is 11.2. The van der Waals surface area contributed by atoms with Crippen LogP contribution in [-0.2, 0) is 4.79 Å². The molecule has 0 amide bonds. The Bertz CT molecular complexity index is 136. The molecule has 0 aliphatic carbocycles. The van der Waals surface area contributed by atoms with E-state index in [0.717, 1.165) is 11.8 Å². The number of nitrogens with two attached hydrogens (primary N) is 1. The highest BCUT2D eigenvalue weighted by molar-refractivity contribution is 8.13. The molecule has 11 heavy (non-hydrogen) atoms. The minimum atomic E-state index is -0.458. The highest BCUT2D eigenvalue weighted by atomic mass is 32.2. The second kappa shape index (κ2) is 4.74. The van der Waals surface area contributed by atoms with Crippen molar-refractivity contribution in [1.82, 2.24) is 0 Å². The fraction of sp³-hybridized carbons (Fsp3) is 0.857. The van der Waals surface area contributed by atoms with Crippen LogP contribution in [-0.4, -0.2) is 29.1 Å². The molecule has 0 aromatic carbocycles. The third-order valence-corrected chi connectivity index (χ3v) is 2.59. The summed E-state index contributed by atoms with van der Waals surface area (Å²) in [5, 5.41) is 8.50. The molecule has 0 rings (SSSR count). The Balaban J connectivity index is 3.82. The van der Waals surface area contributed by atoms with Gasteiger partial charge in [0.1, 0.15) is 0 Å². The number of hydrogen-bond donors (Lipinski definition) is 2. The molecule has 0 aromatic rings. The van der Waals surface area contributed by atoms with E-state index in [4.69, 9.17) is 10.8 Å². The van der Waals surface area contributed by atoms with Gasteiger partial charge in [-0.3, -0.25) is 4.79 Å². The predicted molar refractivity (Wildman–Crippen MR) is 47.4 cm³/mol. The highest BCUT2D eigenvalue weighted by Crippen LogP contribution is 2.21. The van der Waals surface area contributed by atoms with Crippen LogP contribution in [0.15, 0.2) is 0 Å². The van der Waals surface area contributed by atoms with E-state index in [2.05, 4.69) is 0 Å². The molecule has 0 radical (unpaired) electrons. The van der Waals surface area contributed by atoms with E-state index in [1.165, 1.54) is 0 Å². The van der Waals surface area contributed by atoms with E-state index in [1.54, 1.807) is 13.8 Å². The molecular weight excluding hydrogens is 162 g/mol. The lowest BCUT2D eigenvalue weighted by molar-refractivity contribution is -0.117. The van der Waals surface area contributed by atoms with Crippen LogP contribution in [0.25, 0.3) is 0 Å². The molecule has 0 aliphatic rings. The quantitative estimate of drug-likeness (QED) is 0.645. The van der Waals surface area contributed by atoms with Crippen molar-refractivity contribution in [2.24, 2.45) is 11.1 Å². The van der Waals surface area contributed by atoms with Crippen molar-refractivity contribution in [2.75, 3.05) is 18.9 Å². The van der Waals surface area contributed by atoms with Crippen LogP contribution in [0.5, 0.6) is 0 Å². The molecule has 0 bridgehead atoms. The lowest BCUT2D eigenvalue weighted by atomic mass is 9.96. The fourth-order valence-corrected chi connectivity index (χ4v) is 1.17. The topological polar surface area (TPSA) is 63.3 Å². The average Bonchev–Trinajstić information content (AvgIpc) is 2.00. The second-order valence-corrected chi connectivity index (χ2v) is 4.02. The van der Waals surface area contributed by atoms with Gasteiger partial charge in [0.05, 0.1) is 6.61 Å². The molecule has 0 heterocycles. The number of carbonyl (C=O) groups is 1. The number of rotatable bonds is 4. The van der Waals surface area contributed by atoms with Gasteiger partial charge in [0.15, 0.2) is 5.12 Å². The van der Waals surface area contributed by atoms with E-state index < -0.39 is 5.41 Å². The lowest BCUT2D eigenvalue weighted by Crippen LogP contribution is -2.31. The van der Waals surface area contributed by atoms with Gasteiger partial charge < -0.3 is 10.8 Å². The van der Waals surface area contributed by atoms with Crippen molar-refractivity contribution in [3.63, 3.8) is 0 Å². The molecule has 0 spiro atoms. The Morgan fingerprint density at radius 1 is 1.64 bits per heavy atom. The number of aliphatic hydroxyl groups is 1. The first kappa shape index (κ1) is 10.9. The van der Waals surface area contributed by atoms with Gasteiger partial charge in [-0.25, -0.2) is 0 Å². The molecule has 0 fully saturated rings. The summed E-state index contributed by atoms with van der Waals surface area (Å²) < 4.78 is 0. The third kappa shape index (κ3) is 3.74. The number of hydrogen-bond acceptors (Lipinski definition) is 4. The Kier molecular flexibility index (Phi) is 4.72. The van der Waals surface area contributed by atoms with E-state index in [9.17, 15) is 4.79 Å². The monoisotopic (exact) mass is 177 g/mol. The van der Waals surface area contributed by atoms with E-state index in [1.807, 2.05) is 0 Å². The van der Waals surface area contributed by atoms with Crippen LogP contribution in [0.3, 0.4) is 0 Å². The molecule has 0 saturated heterocycles. The normalized spacial score (nSPS) is 11.6. The second-order valence-electron chi connectivity index (χ2n) is 2.95. The standard InChI is InChI=1S/C7H15NO2S/c1-7(2,5-8)6(10)11-4-3-9/h9H,3-5,8H2,1-2H3. The summed E-state index contributed by atoms with van der Waals surface area (Å²) >= 11 is 1.14. The maximum atomic E-state index is 11.2. The Morgan fingerprint density at radius 2 is 2.18 bits per heavy atom. The Labute approximate surface area is 71.3 Å². The summed E-state index contributed by atoms with van der Waals surface area (Å²) in [6.45, 7) is 4.00. The minimum Gasteiger partial charge on any atom is -0.396 e. The smallest absolute Gasteiger partial charge is 0.195 e. The molecule has 3 nitrogen and oxygen atoms in total. The highest BCUT2D eigenvalue weighted by Gasteiger charge is 2.25. The molecule has 66 valence electrons. The van der Waals surface area contributed by atoms with Gasteiger partial charge in [-0.1, -0.05) is 25.6 Å². The predicted octanol–water partition coefficient (Wildman–Crippen LogP) is 0.223. The first-order chi connectivity index (χ1) is 5.04. The minimum absolute atomic E-state index is 0.0387. The summed E-state index contributed by atoms with van der Waals surface area (Å²) in [4.78, 5) is 11.2. The first-order valence-corrected chi connectivity index (χ1v) is 4.51. The summed E-state index contributed by atoms with van der Waals surface area (Å²) in [6.07, 6.45) is 0. The third-order valence-electron chi connectivity index (χ3n) is 1.39. The van der Waals surface area contributed by atoms with Gasteiger partial charge in [-0.15, -0.1) is 0 Å². The van der Waals surface area contributed by atoms with Crippen molar-refractivity contribution in [3.05, 3.63) is 0 Å². The molecule has 0 atom stereocenters. The summed E-state index contributed by atoms with van der Waals surface area (Å²) in [7, 11) is 0. The maximum Gasteiger partial charge on any atom is 0.195 e. The number of thioether (sulfide) groups is 1. The molecule has 0 aromatic heterocycles. The van der Waals surface area contributed by atoms with Gasteiger partial charge in [-0.2, -0.15) is 0 Å². The molecular formula is C7H15NO2S. The van der Waals surface area contributed by atoms with Gasteiger partial charge in [-0.05, 0) is 0 Å². The van der Waals surface area contributed by atoms with Crippen molar-refractivity contribution < 1.29 is 9.90 Å². The van der Waals surface area contributed by atoms with Gasteiger partial charge >= 0.3 is 0 Å². The van der Waals surface area contributed by atoms with Gasteiger partial charge in [0.2, 0.25) is 0 Å². The van der Waals surface area contributed by atoms with E-state index in [-0.39, 0.29) is 11.7 Å². The van der Waals surface area contributed by atoms with E-state index >= 15 is 0 Å². The van der Waals surface area contributed by atoms with Crippen molar-refractivity contribution in [1.29, 1.82) is 0 Å². The SMILES string of the molecule is CC(C)(CN)C(=O)SCCO. The van der Waals surface area contributed by atoms with Gasteiger partial charge in [0, 0.05) is 17.7 Å². The zero-order chi connectivity index (χ0) is 8.91. The molecule has 0 aliphatic heterocycles. The summed E-state index contributed by atoms with van der Waals surface area (Å²) in [5.41, 5.74) is 4.92. The zero-order valence-electron chi connectivity index (χ0n) is 6.96. The molecule has 0 saturated carbocycles. The largest absolute Gasteiger partial charge is 0.396 e. The fourth-order valence-electron chi connectivity index (χ4n) is 0.417.